The number of halogens is 4. The third kappa shape index (κ3) is 4.91. The molecule has 0 aliphatic carbocycles. The highest BCUT2D eigenvalue weighted by Gasteiger charge is 2.34. The van der Waals surface area contributed by atoms with E-state index >= 15 is 0 Å². The number of methoxy groups -OCH3 is 1. The highest BCUT2D eigenvalue weighted by Crippen LogP contribution is 2.37. The molecule has 2 aromatic rings. The molecule has 140 valence electrons. The summed E-state index contributed by atoms with van der Waals surface area (Å²) in [6.07, 6.45) is -4.09. The minimum atomic E-state index is -4.53. The van der Waals surface area contributed by atoms with Crippen molar-refractivity contribution >= 4 is 17.6 Å². The summed E-state index contributed by atoms with van der Waals surface area (Å²) >= 11 is 6.15. The number of esters is 1. The second-order valence-corrected chi connectivity index (χ2v) is 6.01. The second-order valence-electron chi connectivity index (χ2n) is 5.60. The van der Waals surface area contributed by atoms with E-state index in [0.717, 1.165) is 6.07 Å². The fourth-order valence-corrected chi connectivity index (χ4v) is 2.70. The van der Waals surface area contributed by atoms with Gasteiger partial charge in [-0.15, -0.1) is 0 Å². The van der Waals surface area contributed by atoms with E-state index in [1.165, 1.54) is 13.2 Å². The molecule has 3 nitrogen and oxygen atoms in total. The van der Waals surface area contributed by atoms with Crippen LogP contribution in [0.15, 0.2) is 36.4 Å². The van der Waals surface area contributed by atoms with Crippen LogP contribution in [-0.2, 0) is 35.2 Å². The zero-order chi connectivity index (χ0) is 19.3. The summed E-state index contributed by atoms with van der Waals surface area (Å²) in [5, 5.41) is 0.310. The van der Waals surface area contributed by atoms with Crippen LogP contribution in [0.5, 0.6) is 5.75 Å². The molecule has 0 fully saturated rings. The molecule has 0 unspecified atom stereocenters. The van der Waals surface area contributed by atoms with Crippen molar-refractivity contribution in [1.82, 2.24) is 0 Å². The molecule has 0 amide bonds. The molecule has 0 N–H and O–H groups in total. The molecular weight excluding hydrogens is 369 g/mol. The summed E-state index contributed by atoms with van der Waals surface area (Å²) in [7, 11) is 1.26. The fourth-order valence-electron chi connectivity index (χ4n) is 2.45. The topological polar surface area (TPSA) is 35.5 Å². The number of carbonyl (C=O) groups is 1. The number of hydrogen-bond donors (Lipinski definition) is 0. The minimum absolute atomic E-state index is 0.0450. The Balaban J connectivity index is 2.31. The van der Waals surface area contributed by atoms with E-state index in [-0.39, 0.29) is 18.8 Å². The first-order valence-electron chi connectivity index (χ1n) is 7.92. The Bertz CT molecular complexity index is 788. The van der Waals surface area contributed by atoms with E-state index in [4.69, 9.17) is 16.3 Å². The van der Waals surface area contributed by atoms with Crippen molar-refractivity contribution in [2.45, 2.75) is 32.5 Å². The molecule has 0 spiro atoms. The molecule has 0 saturated heterocycles. The van der Waals surface area contributed by atoms with Gasteiger partial charge in [0.1, 0.15) is 12.4 Å². The summed E-state index contributed by atoms with van der Waals surface area (Å²) in [4.78, 5) is 11.5. The number of hydrogen-bond acceptors (Lipinski definition) is 3. The third-order valence-electron chi connectivity index (χ3n) is 3.91. The predicted molar refractivity (Wildman–Crippen MR) is 92.3 cm³/mol. The minimum Gasteiger partial charge on any atom is -0.488 e. The van der Waals surface area contributed by atoms with Crippen LogP contribution in [0.2, 0.25) is 5.02 Å². The Morgan fingerprint density at radius 2 is 1.92 bits per heavy atom. The molecule has 7 heteroatoms. The number of alkyl halides is 3. The number of rotatable bonds is 6. The van der Waals surface area contributed by atoms with Crippen molar-refractivity contribution < 1.29 is 27.4 Å². The van der Waals surface area contributed by atoms with Crippen LogP contribution < -0.4 is 4.74 Å². The zero-order valence-electron chi connectivity index (χ0n) is 14.3. The number of aryl methyl sites for hydroxylation is 1. The van der Waals surface area contributed by atoms with Gasteiger partial charge in [0.25, 0.3) is 0 Å². The SMILES string of the molecule is CCc1ccc(OCc2c(Cl)cccc2CC(=O)OC)c(C(F)(F)F)c1. The number of ether oxygens (including phenoxy) is 2. The van der Waals surface area contributed by atoms with Gasteiger partial charge in [0, 0.05) is 10.6 Å². The predicted octanol–water partition coefficient (Wildman–Crippen LogP) is 5.22. The van der Waals surface area contributed by atoms with E-state index in [1.54, 1.807) is 31.2 Å². The van der Waals surface area contributed by atoms with E-state index < -0.39 is 17.7 Å². The molecule has 2 aromatic carbocycles. The van der Waals surface area contributed by atoms with Crippen LogP contribution in [0.25, 0.3) is 0 Å². The molecular formula is C19H18ClF3O3. The first-order chi connectivity index (χ1) is 12.3. The summed E-state index contributed by atoms with van der Waals surface area (Å²) in [6, 6.07) is 8.88. The van der Waals surface area contributed by atoms with E-state index in [9.17, 15) is 18.0 Å². The van der Waals surface area contributed by atoms with Gasteiger partial charge in [-0.05, 0) is 35.7 Å². The Labute approximate surface area is 154 Å². The third-order valence-corrected chi connectivity index (χ3v) is 4.26. The molecule has 26 heavy (non-hydrogen) atoms. The molecule has 0 aliphatic heterocycles. The van der Waals surface area contributed by atoms with Gasteiger partial charge in [0.15, 0.2) is 0 Å². The van der Waals surface area contributed by atoms with Gasteiger partial charge in [-0.2, -0.15) is 13.2 Å². The Morgan fingerprint density at radius 3 is 2.54 bits per heavy atom. The van der Waals surface area contributed by atoms with E-state index in [2.05, 4.69) is 4.74 Å². The summed E-state index contributed by atoms with van der Waals surface area (Å²) < 4.78 is 50.0. The first-order valence-corrected chi connectivity index (χ1v) is 8.30. The molecule has 0 atom stereocenters. The maximum atomic E-state index is 13.3. The van der Waals surface area contributed by atoms with Crippen LogP contribution in [0.4, 0.5) is 13.2 Å². The highest BCUT2D eigenvalue weighted by molar-refractivity contribution is 6.31. The van der Waals surface area contributed by atoms with Gasteiger partial charge < -0.3 is 9.47 Å². The maximum Gasteiger partial charge on any atom is 0.419 e. The second kappa shape index (κ2) is 8.45. The maximum absolute atomic E-state index is 13.3. The lowest BCUT2D eigenvalue weighted by molar-refractivity contribution is -0.140. The van der Waals surface area contributed by atoms with E-state index in [1.807, 2.05) is 0 Å². The molecule has 0 aliphatic rings. The van der Waals surface area contributed by atoms with Crippen molar-refractivity contribution in [3.05, 3.63) is 63.7 Å². The van der Waals surface area contributed by atoms with Crippen molar-refractivity contribution in [2.24, 2.45) is 0 Å². The van der Waals surface area contributed by atoms with E-state index in [0.29, 0.717) is 28.1 Å². The number of carbonyl (C=O) groups excluding carboxylic acids is 1. The standard InChI is InChI=1S/C19H18ClF3O3/c1-3-12-7-8-17(15(9-12)19(21,22)23)26-11-14-13(10-18(24)25-2)5-4-6-16(14)20/h4-9H,3,10-11H2,1-2H3. The van der Waals surface area contributed by atoms with Crippen LogP contribution in [0.3, 0.4) is 0 Å². The van der Waals surface area contributed by atoms with Gasteiger partial charge in [0.05, 0.1) is 19.1 Å². The normalized spacial score (nSPS) is 11.3. The lowest BCUT2D eigenvalue weighted by Crippen LogP contribution is -2.12. The zero-order valence-corrected chi connectivity index (χ0v) is 15.1. The van der Waals surface area contributed by atoms with Gasteiger partial charge in [-0.1, -0.05) is 36.7 Å². The molecule has 0 heterocycles. The van der Waals surface area contributed by atoms with Gasteiger partial charge in [-0.3, -0.25) is 4.79 Å². The van der Waals surface area contributed by atoms with Crippen molar-refractivity contribution in [2.75, 3.05) is 7.11 Å². The highest BCUT2D eigenvalue weighted by atomic mass is 35.5. The summed E-state index contributed by atoms with van der Waals surface area (Å²) in [5.74, 6) is -0.754. The van der Waals surface area contributed by atoms with Crippen LogP contribution in [0.1, 0.15) is 29.2 Å². The quantitative estimate of drug-likeness (QED) is 0.639. The molecule has 0 saturated carbocycles. The Morgan fingerprint density at radius 1 is 1.19 bits per heavy atom. The van der Waals surface area contributed by atoms with Crippen LogP contribution >= 0.6 is 11.6 Å². The lowest BCUT2D eigenvalue weighted by Gasteiger charge is -2.17. The van der Waals surface area contributed by atoms with Crippen molar-refractivity contribution in [3.63, 3.8) is 0 Å². The average molecular weight is 387 g/mol. The van der Waals surface area contributed by atoms with Gasteiger partial charge >= 0.3 is 12.1 Å². The fraction of sp³-hybridized carbons (Fsp3) is 0.316. The number of benzene rings is 2. The average Bonchev–Trinajstić information content (AvgIpc) is 2.60. The molecule has 0 radical (unpaired) electrons. The lowest BCUT2D eigenvalue weighted by atomic mass is 10.0. The van der Waals surface area contributed by atoms with Crippen LogP contribution in [-0.4, -0.2) is 13.1 Å². The van der Waals surface area contributed by atoms with Crippen LogP contribution in [0, 0.1) is 0 Å². The van der Waals surface area contributed by atoms with Gasteiger partial charge in [0.2, 0.25) is 0 Å². The smallest absolute Gasteiger partial charge is 0.419 e. The largest absolute Gasteiger partial charge is 0.488 e. The molecule has 0 bridgehead atoms. The summed E-state index contributed by atoms with van der Waals surface area (Å²) in [5.41, 5.74) is 0.725. The Hall–Kier alpha value is -2.21. The van der Waals surface area contributed by atoms with Crippen molar-refractivity contribution in [1.29, 1.82) is 0 Å². The molecule has 0 aromatic heterocycles. The summed E-state index contributed by atoms with van der Waals surface area (Å²) in [6.45, 7) is 1.58. The first kappa shape index (κ1) is 20.1. The molecule has 2 rings (SSSR count). The monoisotopic (exact) mass is 386 g/mol. The Kier molecular flexibility index (Phi) is 6.53. The van der Waals surface area contributed by atoms with Gasteiger partial charge in [-0.25, -0.2) is 0 Å². The van der Waals surface area contributed by atoms with Crippen molar-refractivity contribution in [3.8, 4) is 5.75 Å².